The highest BCUT2D eigenvalue weighted by molar-refractivity contribution is 5.77. The first-order chi connectivity index (χ1) is 11.6. The third-order valence-corrected chi connectivity index (χ3v) is 5.24. The number of nitrogens with zero attached hydrogens (tertiary/aromatic N) is 1. The van der Waals surface area contributed by atoms with Crippen molar-refractivity contribution >= 4 is 12.0 Å². The molecule has 130 valence electrons. The monoisotopic (exact) mass is 332 g/mol. The fourth-order valence-electron chi connectivity index (χ4n) is 3.62. The van der Waals surface area contributed by atoms with E-state index in [0.717, 1.165) is 12.8 Å². The van der Waals surface area contributed by atoms with Crippen LogP contribution in [-0.4, -0.2) is 54.9 Å². The number of amides is 2. The van der Waals surface area contributed by atoms with Gasteiger partial charge in [-0.1, -0.05) is 30.3 Å². The molecule has 2 saturated heterocycles. The Morgan fingerprint density at radius 3 is 2.58 bits per heavy atom. The van der Waals surface area contributed by atoms with Crippen molar-refractivity contribution in [1.29, 1.82) is 0 Å². The first kappa shape index (κ1) is 16.8. The van der Waals surface area contributed by atoms with Crippen LogP contribution in [0.3, 0.4) is 0 Å². The van der Waals surface area contributed by atoms with E-state index >= 15 is 0 Å². The van der Waals surface area contributed by atoms with Crippen LogP contribution in [0, 0.1) is 5.92 Å². The first-order valence-corrected chi connectivity index (χ1v) is 8.50. The molecule has 0 radical (unpaired) electrons. The molecule has 1 atom stereocenters. The predicted molar refractivity (Wildman–Crippen MR) is 88.9 cm³/mol. The number of likely N-dealkylation sites (tertiary alicyclic amines) is 1. The number of ether oxygens (including phenoxy) is 1. The molecule has 2 heterocycles. The summed E-state index contributed by atoms with van der Waals surface area (Å²) in [6.07, 6.45) is 2.27. The lowest BCUT2D eigenvalue weighted by Gasteiger charge is -2.38. The Morgan fingerprint density at radius 2 is 1.96 bits per heavy atom. The maximum absolute atomic E-state index is 12.4. The van der Waals surface area contributed by atoms with Gasteiger partial charge in [0.15, 0.2) is 0 Å². The SMILES string of the molecule is O=C(O)C1CCN(C(=O)NCC2(c3ccccc3)CCOCC2)C1. The average molecular weight is 332 g/mol. The lowest BCUT2D eigenvalue weighted by Crippen LogP contribution is -2.48. The van der Waals surface area contributed by atoms with Crippen molar-refractivity contribution in [2.75, 3.05) is 32.8 Å². The highest BCUT2D eigenvalue weighted by Crippen LogP contribution is 2.34. The largest absolute Gasteiger partial charge is 0.481 e. The molecular formula is C18H24N2O4. The summed E-state index contributed by atoms with van der Waals surface area (Å²) in [6, 6.07) is 10.1. The molecular weight excluding hydrogens is 308 g/mol. The van der Waals surface area contributed by atoms with Gasteiger partial charge in [0.2, 0.25) is 0 Å². The summed E-state index contributed by atoms with van der Waals surface area (Å²) < 4.78 is 5.50. The van der Waals surface area contributed by atoms with Gasteiger partial charge in [-0.3, -0.25) is 4.79 Å². The second-order valence-corrected chi connectivity index (χ2v) is 6.69. The minimum Gasteiger partial charge on any atom is -0.481 e. The molecule has 6 heteroatoms. The Kier molecular flexibility index (Phi) is 5.04. The number of benzene rings is 1. The van der Waals surface area contributed by atoms with E-state index in [4.69, 9.17) is 9.84 Å². The van der Waals surface area contributed by atoms with Crippen LogP contribution < -0.4 is 5.32 Å². The molecule has 0 bridgehead atoms. The molecule has 2 aliphatic rings. The molecule has 0 aromatic heterocycles. The molecule has 6 nitrogen and oxygen atoms in total. The number of carbonyl (C=O) groups excluding carboxylic acids is 1. The maximum Gasteiger partial charge on any atom is 0.317 e. The molecule has 0 aliphatic carbocycles. The van der Waals surface area contributed by atoms with E-state index in [9.17, 15) is 9.59 Å². The quantitative estimate of drug-likeness (QED) is 0.882. The fourth-order valence-corrected chi connectivity index (χ4v) is 3.62. The predicted octanol–water partition coefficient (Wildman–Crippen LogP) is 1.85. The summed E-state index contributed by atoms with van der Waals surface area (Å²) >= 11 is 0. The highest BCUT2D eigenvalue weighted by atomic mass is 16.5. The van der Waals surface area contributed by atoms with Gasteiger partial charge in [0.25, 0.3) is 0 Å². The summed E-state index contributed by atoms with van der Waals surface area (Å²) in [5.41, 5.74) is 1.11. The Morgan fingerprint density at radius 1 is 1.25 bits per heavy atom. The molecule has 1 aromatic rings. The van der Waals surface area contributed by atoms with Crippen molar-refractivity contribution in [2.45, 2.75) is 24.7 Å². The zero-order valence-corrected chi connectivity index (χ0v) is 13.7. The van der Waals surface area contributed by atoms with Crippen LogP contribution in [-0.2, 0) is 14.9 Å². The molecule has 2 N–H and O–H groups in total. The average Bonchev–Trinajstić information content (AvgIpc) is 3.12. The van der Waals surface area contributed by atoms with Crippen molar-refractivity contribution in [3.63, 3.8) is 0 Å². The van der Waals surface area contributed by atoms with Crippen LogP contribution in [0.15, 0.2) is 30.3 Å². The molecule has 1 unspecified atom stereocenters. The van der Waals surface area contributed by atoms with Crippen LogP contribution in [0.5, 0.6) is 0 Å². The van der Waals surface area contributed by atoms with Crippen LogP contribution in [0.4, 0.5) is 4.79 Å². The number of nitrogens with one attached hydrogen (secondary N) is 1. The van der Waals surface area contributed by atoms with E-state index in [2.05, 4.69) is 17.4 Å². The summed E-state index contributed by atoms with van der Waals surface area (Å²) in [5, 5.41) is 12.1. The van der Waals surface area contributed by atoms with Gasteiger partial charge in [0, 0.05) is 38.3 Å². The van der Waals surface area contributed by atoms with Crippen molar-refractivity contribution in [3.05, 3.63) is 35.9 Å². The number of rotatable bonds is 4. The van der Waals surface area contributed by atoms with E-state index in [1.807, 2.05) is 18.2 Å². The number of carboxylic acids is 1. The number of carboxylic acid groups (broad SMARTS) is 1. The van der Waals surface area contributed by atoms with Crippen LogP contribution in [0.1, 0.15) is 24.8 Å². The second kappa shape index (κ2) is 7.21. The number of aliphatic carboxylic acids is 1. The van der Waals surface area contributed by atoms with Crippen molar-refractivity contribution in [2.24, 2.45) is 5.92 Å². The van der Waals surface area contributed by atoms with Crippen molar-refractivity contribution < 1.29 is 19.4 Å². The van der Waals surface area contributed by atoms with E-state index in [1.54, 1.807) is 4.90 Å². The van der Waals surface area contributed by atoms with Crippen LogP contribution in [0.25, 0.3) is 0 Å². The fraction of sp³-hybridized carbons (Fsp3) is 0.556. The van der Waals surface area contributed by atoms with Gasteiger partial charge in [-0.2, -0.15) is 0 Å². The minimum atomic E-state index is -0.824. The first-order valence-electron chi connectivity index (χ1n) is 8.50. The molecule has 1 aromatic carbocycles. The second-order valence-electron chi connectivity index (χ2n) is 6.69. The summed E-state index contributed by atoms with van der Waals surface area (Å²) in [7, 11) is 0. The van der Waals surface area contributed by atoms with Crippen LogP contribution >= 0.6 is 0 Å². The number of hydrogen-bond donors (Lipinski definition) is 2. The standard InChI is InChI=1S/C18H24N2O4/c21-16(22)14-6-9-20(12-14)17(23)19-13-18(7-10-24-11-8-18)15-4-2-1-3-5-15/h1-5,14H,6-13H2,(H,19,23)(H,21,22). The molecule has 24 heavy (non-hydrogen) atoms. The number of hydrogen-bond acceptors (Lipinski definition) is 3. The molecule has 2 aliphatic heterocycles. The Hall–Kier alpha value is -2.08. The number of urea groups is 1. The van der Waals surface area contributed by atoms with Crippen molar-refractivity contribution in [1.82, 2.24) is 10.2 Å². The molecule has 0 spiro atoms. The maximum atomic E-state index is 12.4. The molecule has 2 amide bonds. The van der Waals surface area contributed by atoms with Gasteiger partial charge >= 0.3 is 12.0 Å². The van der Waals surface area contributed by atoms with Gasteiger partial charge < -0.3 is 20.1 Å². The lowest BCUT2D eigenvalue weighted by atomic mass is 9.74. The molecule has 0 saturated carbocycles. The van der Waals surface area contributed by atoms with Gasteiger partial charge in [-0.05, 0) is 24.8 Å². The third-order valence-electron chi connectivity index (χ3n) is 5.24. The van der Waals surface area contributed by atoms with Gasteiger partial charge in [-0.25, -0.2) is 4.79 Å². The zero-order valence-electron chi connectivity index (χ0n) is 13.7. The topological polar surface area (TPSA) is 78.9 Å². The Balaban J connectivity index is 1.64. The van der Waals surface area contributed by atoms with Gasteiger partial charge in [0.05, 0.1) is 5.92 Å². The molecule has 3 rings (SSSR count). The van der Waals surface area contributed by atoms with Gasteiger partial charge in [0.1, 0.15) is 0 Å². The van der Waals surface area contributed by atoms with Crippen molar-refractivity contribution in [3.8, 4) is 0 Å². The normalized spacial score (nSPS) is 23.0. The van der Waals surface area contributed by atoms with Gasteiger partial charge in [-0.15, -0.1) is 0 Å². The summed E-state index contributed by atoms with van der Waals surface area (Å²) in [6.45, 7) is 2.73. The molecule has 2 fully saturated rings. The Bertz CT molecular complexity index is 584. The van der Waals surface area contributed by atoms with E-state index < -0.39 is 11.9 Å². The summed E-state index contributed by atoms with van der Waals surface area (Å²) in [4.78, 5) is 25.1. The van der Waals surface area contributed by atoms with Crippen LogP contribution in [0.2, 0.25) is 0 Å². The van der Waals surface area contributed by atoms with E-state index in [0.29, 0.717) is 39.3 Å². The smallest absolute Gasteiger partial charge is 0.317 e. The minimum absolute atomic E-state index is 0.110. The third kappa shape index (κ3) is 3.53. The summed E-state index contributed by atoms with van der Waals surface area (Å²) in [5.74, 6) is -1.27. The lowest BCUT2D eigenvalue weighted by molar-refractivity contribution is -0.141. The zero-order chi connectivity index (χ0) is 17.0. The van der Waals surface area contributed by atoms with E-state index in [-0.39, 0.29) is 11.4 Å². The number of carbonyl (C=O) groups is 2. The highest BCUT2D eigenvalue weighted by Gasteiger charge is 2.36. The Labute approximate surface area is 141 Å². The van der Waals surface area contributed by atoms with E-state index in [1.165, 1.54) is 5.56 Å².